The molecular weight excluding hydrogens is 374 g/mol. The second kappa shape index (κ2) is 8.58. The molecule has 3 atom stereocenters. The first-order chi connectivity index (χ1) is 13.4. The van der Waals surface area contributed by atoms with E-state index in [0.29, 0.717) is 25.1 Å². The van der Waals surface area contributed by atoms with Crippen LogP contribution in [0.15, 0.2) is 60.5 Å². The average molecular weight is 400 g/mol. The van der Waals surface area contributed by atoms with Gasteiger partial charge in [-0.2, -0.15) is 0 Å². The highest BCUT2D eigenvalue weighted by Gasteiger charge is 2.48. The van der Waals surface area contributed by atoms with Crippen molar-refractivity contribution in [2.45, 2.75) is 31.0 Å². The largest absolute Gasteiger partial charge is 0.388 e. The minimum atomic E-state index is -1.16. The molecule has 0 saturated carbocycles. The second-order valence-corrected chi connectivity index (χ2v) is 8.03. The summed E-state index contributed by atoms with van der Waals surface area (Å²) in [5.74, 6) is -0.277. The van der Waals surface area contributed by atoms with Crippen LogP contribution in [0.2, 0.25) is 0 Å². The minimum Gasteiger partial charge on any atom is -0.388 e. The van der Waals surface area contributed by atoms with E-state index < -0.39 is 17.7 Å². The Balaban J connectivity index is 1.93. The van der Waals surface area contributed by atoms with E-state index in [1.165, 1.54) is 11.3 Å². The zero-order valence-electron chi connectivity index (χ0n) is 15.8. The highest BCUT2D eigenvalue weighted by atomic mass is 32.1. The fourth-order valence-electron chi connectivity index (χ4n) is 3.48. The van der Waals surface area contributed by atoms with Gasteiger partial charge in [0, 0.05) is 23.5 Å². The lowest BCUT2D eigenvalue weighted by Crippen LogP contribution is -2.64. The Bertz CT molecular complexity index is 821. The zero-order valence-corrected chi connectivity index (χ0v) is 16.6. The molecular formula is C21H25N3O3S. The average Bonchev–Trinajstić information content (AvgIpc) is 3.22. The van der Waals surface area contributed by atoms with Gasteiger partial charge in [0.1, 0.15) is 0 Å². The van der Waals surface area contributed by atoms with Gasteiger partial charge in [0.25, 0.3) is 5.91 Å². The van der Waals surface area contributed by atoms with Crippen molar-refractivity contribution in [1.29, 1.82) is 0 Å². The van der Waals surface area contributed by atoms with Crippen molar-refractivity contribution in [3.63, 3.8) is 0 Å². The van der Waals surface area contributed by atoms with E-state index in [2.05, 4.69) is 17.2 Å². The number of thiophene rings is 1. The van der Waals surface area contributed by atoms with Crippen LogP contribution in [-0.4, -0.2) is 46.7 Å². The quantitative estimate of drug-likeness (QED) is 0.676. The highest BCUT2D eigenvalue weighted by Crippen LogP contribution is 2.39. The Morgan fingerprint density at radius 2 is 2.07 bits per heavy atom. The Kier molecular flexibility index (Phi) is 6.16. The van der Waals surface area contributed by atoms with Crippen LogP contribution >= 0.6 is 11.3 Å². The predicted molar refractivity (Wildman–Crippen MR) is 110 cm³/mol. The third kappa shape index (κ3) is 4.26. The lowest BCUT2D eigenvalue weighted by Gasteiger charge is -2.48. The van der Waals surface area contributed by atoms with Gasteiger partial charge >= 0.3 is 6.03 Å². The van der Waals surface area contributed by atoms with Gasteiger partial charge in [-0.05, 0) is 36.9 Å². The van der Waals surface area contributed by atoms with Crippen LogP contribution in [0.1, 0.15) is 34.6 Å². The van der Waals surface area contributed by atoms with E-state index in [0.717, 1.165) is 4.88 Å². The van der Waals surface area contributed by atoms with Crippen LogP contribution in [0.3, 0.4) is 0 Å². The first kappa shape index (κ1) is 20.1. The molecule has 148 valence electrons. The first-order valence-corrected chi connectivity index (χ1v) is 10.1. The number of piperidine rings is 1. The van der Waals surface area contributed by atoms with Crippen LogP contribution in [-0.2, 0) is 0 Å². The minimum absolute atomic E-state index is 0.243. The van der Waals surface area contributed by atoms with Gasteiger partial charge in [-0.25, -0.2) is 4.79 Å². The SMILES string of the molecule is C=CCNC(=O)N1CC[C@@](C)(O)[C@@H](NC(=O)c2ccccc2)[C@@H]1c1cccs1. The number of hydrogen-bond acceptors (Lipinski definition) is 4. The van der Waals surface area contributed by atoms with Gasteiger partial charge in [0.05, 0.1) is 17.7 Å². The summed E-state index contributed by atoms with van der Waals surface area (Å²) in [5, 5.41) is 18.8. The molecule has 3 amide bonds. The smallest absolute Gasteiger partial charge is 0.318 e. The maximum absolute atomic E-state index is 12.8. The third-order valence-electron chi connectivity index (χ3n) is 5.00. The maximum Gasteiger partial charge on any atom is 0.318 e. The number of rotatable bonds is 5. The Labute approximate surface area is 168 Å². The molecule has 0 unspecified atom stereocenters. The van der Waals surface area contributed by atoms with Crippen LogP contribution in [0.25, 0.3) is 0 Å². The zero-order chi connectivity index (χ0) is 20.1. The molecule has 0 bridgehead atoms. The number of nitrogens with one attached hydrogen (secondary N) is 2. The molecule has 3 rings (SSSR count). The Morgan fingerprint density at radius 3 is 2.71 bits per heavy atom. The number of amides is 3. The third-order valence-corrected chi connectivity index (χ3v) is 5.94. The van der Waals surface area contributed by atoms with Gasteiger partial charge in [-0.15, -0.1) is 17.9 Å². The number of aliphatic hydroxyl groups is 1. The molecule has 1 aliphatic rings. The molecule has 7 heteroatoms. The number of nitrogens with zero attached hydrogens (tertiary/aromatic N) is 1. The van der Waals surface area contributed by atoms with E-state index in [1.807, 2.05) is 23.6 Å². The van der Waals surface area contributed by atoms with Crippen molar-refractivity contribution in [3.05, 3.63) is 70.9 Å². The van der Waals surface area contributed by atoms with Gasteiger partial charge in [0.2, 0.25) is 0 Å². The summed E-state index contributed by atoms with van der Waals surface area (Å²) < 4.78 is 0. The molecule has 1 aromatic carbocycles. The van der Waals surface area contributed by atoms with Gasteiger partial charge in [0.15, 0.2) is 0 Å². The van der Waals surface area contributed by atoms with Crippen molar-refractivity contribution in [2.75, 3.05) is 13.1 Å². The summed E-state index contributed by atoms with van der Waals surface area (Å²) in [6, 6.07) is 11.3. The summed E-state index contributed by atoms with van der Waals surface area (Å²) >= 11 is 1.50. The summed E-state index contributed by atoms with van der Waals surface area (Å²) in [6.45, 7) is 6.08. The summed E-state index contributed by atoms with van der Waals surface area (Å²) in [5.41, 5.74) is -0.648. The lowest BCUT2D eigenvalue weighted by molar-refractivity contribution is -0.0502. The number of carbonyl (C=O) groups is 2. The molecule has 1 aliphatic heterocycles. The molecule has 2 aromatic rings. The van der Waals surface area contributed by atoms with Crippen LogP contribution in [0.5, 0.6) is 0 Å². The van der Waals surface area contributed by atoms with Gasteiger partial charge in [-0.1, -0.05) is 30.3 Å². The summed E-state index contributed by atoms with van der Waals surface area (Å²) in [4.78, 5) is 28.2. The van der Waals surface area contributed by atoms with Crippen molar-refractivity contribution >= 4 is 23.3 Å². The van der Waals surface area contributed by atoms with Crippen molar-refractivity contribution in [2.24, 2.45) is 0 Å². The molecule has 0 aliphatic carbocycles. The molecule has 1 aromatic heterocycles. The summed E-state index contributed by atoms with van der Waals surface area (Å²) in [7, 11) is 0. The highest BCUT2D eigenvalue weighted by molar-refractivity contribution is 7.10. The molecule has 0 radical (unpaired) electrons. The maximum atomic E-state index is 12.8. The van der Waals surface area contributed by atoms with Crippen LogP contribution < -0.4 is 10.6 Å². The van der Waals surface area contributed by atoms with Crippen molar-refractivity contribution in [1.82, 2.24) is 15.5 Å². The van der Waals surface area contributed by atoms with Crippen LogP contribution in [0.4, 0.5) is 4.79 Å². The van der Waals surface area contributed by atoms with E-state index in [9.17, 15) is 14.7 Å². The molecule has 1 saturated heterocycles. The molecule has 28 heavy (non-hydrogen) atoms. The molecule has 6 nitrogen and oxygen atoms in total. The molecule has 3 N–H and O–H groups in total. The lowest BCUT2D eigenvalue weighted by atomic mass is 9.81. The Hall–Kier alpha value is -2.64. The van der Waals surface area contributed by atoms with E-state index >= 15 is 0 Å². The predicted octanol–water partition coefficient (Wildman–Crippen LogP) is 2.94. The van der Waals surface area contributed by atoms with Crippen molar-refractivity contribution in [3.8, 4) is 0 Å². The molecule has 2 heterocycles. The standard InChI is InChI=1S/C21H25N3O3S/c1-3-12-22-20(26)24-13-11-21(2,27)18(17(24)16-10-7-14-28-16)23-19(25)15-8-5-4-6-9-15/h3-10,14,17-18,27H,1,11-13H2,2H3,(H,22,26)(H,23,25)/t17-,18-,21+/m0/s1. The van der Waals surface area contributed by atoms with E-state index in [1.54, 1.807) is 42.2 Å². The van der Waals surface area contributed by atoms with Crippen molar-refractivity contribution < 1.29 is 14.7 Å². The fraction of sp³-hybridized carbons (Fsp3) is 0.333. The number of benzene rings is 1. The number of carbonyl (C=O) groups excluding carboxylic acids is 2. The van der Waals surface area contributed by atoms with Crippen LogP contribution in [0, 0.1) is 0 Å². The van der Waals surface area contributed by atoms with Gasteiger partial charge < -0.3 is 20.6 Å². The van der Waals surface area contributed by atoms with E-state index in [4.69, 9.17) is 0 Å². The Morgan fingerprint density at radius 1 is 1.32 bits per heavy atom. The topological polar surface area (TPSA) is 81.7 Å². The molecule has 0 spiro atoms. The van der Waals surface area contributed by atoms with Gasteiger partial charge in [-0.3, -0.25) is 4.79 Å². The number of likely N-dealkylation sites (tertiary alicyclic amines) is 1. The second-order valence-electron chi connectivity index (χ2n) is 7.05. The van der Waals surface area contributed by atoms with E-state index in [-0.39, 0.29) is 11.9 Å². The summed E-state index contributed by atoms with van der Waals surface area (Å²) in [6.07, 6.45) is 1.98. The first-order valence-electron chi connectivity index (χ1n) is 9.21. The fourth-order valence-corrected chi connectivity index (χ4v) is 4.35. The normalized spacial score (nSPS) is 24.4. The monoisotopic (exact) mass is 399 g/mol. The number of hydrogen-bond donors (Lipinski definition) is 3. The molecule has 1 fully saturated rings. The number of urea groups is 1.